The van der Waals surface area contributed by atoms with Crippen LogP contribution >= 0.6 is 0 Å². The molecule has 0 unspecified atom stereocenters. The Morgan fingerprint density at radius 1 is 1.20 bits per heavy atom. The highest BCUT2D eigenvalue weighted by Gasteiger charge is 2.21. The van der Waals surface area contributed by atoms with E-state index in [1.54, 1.807) is 30.8 Å². The Kier molecular flexibility index (Phi) is 5.46. The van der Waals surface area contributed by atoms with Gasteiger partial charge in [-0.25, -0.2) is 4.79 Å². The van der Waals surface area contributed by atoms with E-state index in [1.165, 1.54) is 0 Å². The minimum atomic E-state index is -0.917. The van der Waals surface area contributed by atoms with Crippen LogP contribution in [0.15, 0.2) is 24.3 Å². The fraction of sp³-hybridized carbons (Fsp3) is 0.389. The van der Waals surface area contributed by atoms with Crippen molar-refractivity contribution in [3.8, 4) is 0 Å². The summed E-state index contributed by atoms with van der Waals surface area (Å²) in [5, 5.41) is 7.02. The van der Waals surface area contributed by atoms with Crippen LogP contribution in [0.4, 0.5) is 11.4 Å². The number of nitrogens with zero attached hydrogens (tertiary/aromatic N) is 3. The number of anilines is 2. The van der Waals surface area contributed by atoms with Crippen LogP contribution in [0.2, 0.25) is 0 Å². The number of hydrogen-bond donors (Lipinski definition) is 1. The number of amides is 1. The molecule has 0 aliphatic rings. The molecule has 1 heterocycles. The molecule has 1 atom stereocenters. The third-order valence-electron chi connectivity index (χ3n) is 4.03. The first-order valence-electron chi connectivity index (χ1n) is 8.00. The van der Waals surface area contributed by atoms with Crippen molar-refractivity contribution < 1.29 is 14.3 Å². The predicted octanol–water partition coefficient (Wildman–Crippen LogP) is 2.29. The van der Waals surface area contributed by atoms with E-state index in [0.29, 0.717) is 16.9 Å². The predicted molar refractivity (Wildman–Crippen MR) is 97.0 cm³/mol. The van der Waals surface area contributed by atoms with Gasteiger partial charge >= 0.3 is 5.97 Å². The summed E-state index contributed by atoms with van der Waals surface area (Å²) in [4.78, 5) is 26.4. The summed E-state index contributed by atoms with van der Waals surface area (Å²) >= 11 is 0. The molecule has 0 radical (unpaired) electrons. The quantitative estimate of drug-likeness (QED) is 0.842. The molecule has 25 heavy (non-hydrogen) atoms. The fourth-order valence-corrected chi connectivity index (χ4v) is 2.36. The number of benzene rings is 1. The Bertz CT molecular complexity index is 778. The highest BCUT2D eigenvalue weighted by atomic mass is 16.5. The Hall–Kier alpha value is -2.83. The third kappa shape index (κ3) is 4.17. The standard InChI is InChI=1S/C18H24N4O3/c1-11-16(12(2)22(6)20-11)19-17(23)13(3)25-18(24)14-7-9-15(10-8-14)21(4)5/h7-10,13H,1-6H3,(H,19,23)/t13-/m1/s1. The fourth-order valence-electron chi connectivity index (χ4n) is 2.36. The molecule has 0 aliphatic carbocycles. The molecule has 0 saturated carbocycles. The van der Waals surface area contributed by atoms with Crippen molar-refractivity contribution in [1.82, 2.24) is 9.78 Å². The molecule has 0 fully saturated rings. The number of rotatable bonds is 5. The molecule has 0 saturated heterocycles. The zero-order chi connectivity index (χ0) is 18.7. The number of aromatic nitrogens is 2. The molecule has 2 aromatic rings. The second-order valence-electron chi connectivity index (χ2n) is 6.15. The number of aryl methyl sites for hydroxylation is 2. The molecule has 0 bridgehead atoms. The van der Waals surface area contributed by atoms with Crippen molar-refractivity contribution in [3.63, 3.8) is 0 Å². The molecule has 7 nitrogen and oxygen atoms in total. The maximum Gasteiger partial charge on any atom is 0.338 e. The Balaban J connectivity index is 2.01. The molecule has 0 spiro atoms. The summed E-state index contributed by atoms with van der Waals surface area (Å²) < 4.78 is 6.95. The van der Waals surface area contributed by atoms with Crippen LogP contribution in [-0.4, -0.2) is 41.9 Å². The van der Waals surface area contributed by atoms with Gasteiger partial charge in [-0.2, -0.15) is 5.10 Å². The number of carbonyl (C=O) groups excluding carboxylic acids is 2. The highest BCUT2D eigenvalue weighted by molar-refractivity contribution is 5.98. The van der Waals surface area contributed by atoms with E-state index >= 15 is 0 Å². The van der Waals surface area contributed by atoms with Gasteiger partial charge in [-0.05, 0) is 45.0 Å². The van der Waals surface area contributed by atoms with Gasteiger partial charge in [-0.1, -0.05) is 0 Å². The number of ether oxygens (including phenoxy) is 1. The Morgan fingerprint density at radius 3 is 2.28 bits per heavy atom. The summed E-state index contributed by atoms with van der Waals surface area (Å²) in [7, 11) is 5.64. The van der Waals surface area contributed by atoms with Crippen molar-refractivity contribution in [2.45, 2.75) is 26.9 Å². The lowest BCUT2D eigenvalue weighted by Gasteiger charge is -2.15. The number of hydrogen-bond acceptors (Lipinski definition) is 5. The molecular weight excluding hydrogens is 320 g/mol. The van der Waals surface area contributed by atoms with Gasteiger partial charge in [0.2, 0.25) is 0 Å². The SMILES string of the molecule is Cc1nn(C)c(C)c1NC(=O)[C@@H](C)OC(=O)c1ccc(N(C)C)cc1. The number of esters is 1. The molecular formula is C18H24N4O3. The molecule has 1 aromatic heterocycles. The second kappa shape index (κ2) is 7.38. The van der Waals surface area contributed by atoms with Gasteiger partial charge in [-0.15, -0.1) is 0 Å². The van der Waals surface area contributed by atoms with Crippen molar-refractivity contribution in [1.29, 1.82) is 0 Å². The van der Waals surface area contributed by atoms with Gasteiger partial charge in [0, 0.05) is 26.8 Å². The van der Waals surface area contributed by atoms with Crippen molar-refractivity contribution in [2.75, 3.05) is 24.3 Å². The largest absolute Gasteiger partial charge is 0.449 e. The first-order valence-corrected chi connectivity index (χ1v) is 8.00. The van der Waals surface area contributed by atoms with Gasteiger partial charge in [0.25, 0.3) is 5.91 Å². The third-order valence-corrected chi connectivity index (χ3v) is 4.03. The Labute approximate surface area is 147 Å². The first-order chi connectivity index (χ1) is 11.7. The van der Waals surface area contributed by atoms with Gasteiger partial charge < -0.3 is 15.0 Å². The number of nitrogens with one attached hydrogen (secondary N) is 1. The second-order valence-corrected chi connectivity index (χ2v) is 6.15. The normalized spacial score (nSPS) is 11.8. The average Bonchev–Trinajstić information content (AvgIpc) is 2.81. The van der Waals surface area contributed by atoms with E-state index in [2.05, 4.69) is 10.4 Å². The lowest BCUT2D eigenvalue weighted by atomic mass is 10.2. The lowest BCUT2D eigenvalue weighted by molar-refractivity contribution is -0.123. The first kappa shape index (κ1) is 18.5. The van der Waals surface area contributed by atoms with Gasteiger partial charge in [0.15, 0.2) is 6.10 Å². The summed E-state index contributed by atoms with van der Waals surface area (Å²) in [5.41, 5.74) is 3.57. The zero-order valence-corrected chi connectivity index (χ0v) is 15.5. The van der Waals surface area contributed by atoms with E-state index in [9.17, 15) is 9.59 Å². The zero-order valence-electron chi connectivity index (χ0n) is 15.5. The van der Waals surface area contributed by atoms with E-state index in [0.717, 1.165) is 11.4 Å². The van der Waals surface area contributed by atoms with Crippen LogP contribution in [0.3, 0.4) is 0 Å². The maximum absolute atomic E-state index is 12.3. The van der Waals surface area contributed by atoms with Crippen LogP contribution in [0.1, 0.15) is 28.7 Å². The van der Waals surface area contributed by atoms with Gasteiger partial charge in [0.1, 0.15) is 0 Å². The summed E-state index contributed by atoms with van der Waals surface area (Å²) in [5.74, 6) is -0.926. The summed E-state index contributed by atoms with van der Waals surface area (Å²) in [6, 6.07) is 7.00. The van der Waals surface area contributed by atoms with Crippen LogP contribution in [-0.2, 0) is 16.6 Å². The van der Waals surface area contributed by atoms with Crippen molar-refractivity contribution in [2.24, 2.45) is 7.05 Å². The van der Waals surface area contributed by atoms with E-state index in [-0.39, 0.29) is 0 Å². The topological polar surface area (TPSA) is 76.5 Å². The van der Waals surface area contributed by atoms with E-state index in [4.69, 9.17) is 4.74 Å². The van der Waals surface area contributed by atoms with Gasteiger partial charge in [0.05, 0.1) is 22.6 Å². The summed E-state index contributed by atoms with van der Waals surface area (Å²) in [6.07, 6.45) is -0.917. The smallest absolute Gasteiger partial charge is 0.338 e. The molecule has 2 rings (SSSR count). The highest BCUT2D eigenvalue weighted by Crippen LogP contribution is 2.19. The van der Waals surface area contributed by atoms with Crippen molar-refractivity contribution >= 4 is 23.3 Å². The monoisotopic (exact) mass is 344 g/mol. The van der Waals surface area contributed by atoms with Crippen LogP contribution < -0.4 is 10.2 Å². The Morgan fingerprint density at radius 2 is 1.80 bits per heavy atom. The van der Waals surface area contributed by atoms with Crippen LogP contribution in [0, 0.1) is 13.8 Å². The maximum atomic E-state index is 12.3. The lowest BCUT2D eigenvalue weighted by Crippen LogP contribution is -2.30. The molecule has 1 N–H and O–H groups in total. The summed E-state index contributed by atoms with van der Waals surface area (Å²) in [6.45, 7) is 5.21. The molecule has 7 heteroatoms. The molecule has 1 amide bonds. The van der Waals surface area contributed by atoms with E-state index in [1.807, 2.05) is 45.0 Å². The van der Waals surface area contributed by atoms with Crippen LogP contribution in [0.25, 0.3) is 0 Å². The minimum absolute atomic E-state index is 0.391. The van der Waals surface area contributed by atoms with Crippen LogP contribution in [0.5, 0.6) is 0 Å². The van der Waals surface area contributed by atoms with E-state index < -0.39 is 18.0 Å². The number of carbonyl (C=O) groups is 2. The van der Waals surface area contributed by atoms with Crippen molar-refractivity contribution in [3.05, 3.63) is 41.2 Å². The molecule has 134 valence electrons. The molecule has 1 aromatic carbocycles. The van der Waals surface area contributed by atoms with Gasteiger partial charge in [-0.3, -0.25) is 9.48 Å². The minimum Gasteiger partial charge on any atom is -0.449 e. The average molecular weight is 344 g/mol. The molecule has 0 aliphatic heterocycles.